The van der Waals surface area contributed by atoms with Gasteiger partial charge in [-0.1, -0.05) is 42.5 Å². The lowest BCUT2D eigenvalue weighted by Gasteiger charge is -2.09. The first-order valence-corrected chi connectivity index (χ1v) is 7.94. The van der Waals surface area contributed by atoms with Gasteiger partial charge >= 0.3 is 0 Å². The van der Waals surface area contributed by atoms with E-state index in [0.717, 1.165) is 16.1 Å². The standard InChI is InChI=1S/C17H18N2O2S/c1-13(20)19-15-9-5-6-10-16(15)22-12-17(21)18-11-14-7-3-2-4-8-14/h2-10H,11-12H2,1H3,(H,18,21)(H,19,20). The van der Waals surface area contributed by atoms with Crippen LogP contribution in [-0.2, 0) is 16.1 Å². The van der Waals surface area contributed by atoms with E-state index in [1.54, 1.807) is 0 Å². The average Bonchev–Trinajstić information content (AvgIpc) is 2.52. The summed E-state index contributed by atoms with van der Waals surface area (Å²) in [5.41, 5.74) is 1.80. The normalized spacial score (nSPS) is 10.0. The highest BCUT2D eigenvalue weighted by molar-refractivity contribution is 8.00. The minimum absolute atomic E-state index is 0.0357. The molecule has 0 fully saturated rings. The van der Waals surface area contributed by atoms with Crippen molar-refractivity contribution in [2.75, 3.05) is 11.1 Å². The van der Waals surface area contributed by atoms with E-state index < -0.39 is 0 Å². The summed E-state index contributed by atoms with van der Waals surface area (Å²) >= 11 is 1.41. The van der Waals surface area contributed by atoms with Crippen LogP contribution in [0.15, 0.2) is 59.5 Å². The van der Waals surface area contributed by atoms with Crippen molar-refractivity contribution in [2.24, 2.45) is 0 Å². The number of hydrogen-bond donors (Lipinski definition) is 2. The van der Waals surface area contributed by atoms with Gasteiger partial charge < -0.3 is 10.6 Å². The van der Waals surface area contributed by atoms with Crippen LogP contribution in [-0.4, -0.2) is 17.6 Å². The maximum absolute atomic E-state index is 11.9. The van der Waals surface area contributed by atoms with Crippen LogP contribution in [0.3, 0.4) is 0 Å². The molecule has 0 aliphatic heterocycles. The Bertz CT molecular complexity index is 644. The third-order valence-electron chi connectivity index (χ3n) is 2.89. The zero-order valence-corrected chi connectivity index (χ0v) is 13.2. The van der Waals surface area contributed by atoms with Gasteiger partial charge in [0.25, 0.3) is 0 Å². The molecule has 2 aromatic carbocycles. The molecule has 2 amide bonds. The second-order valence-corrected chi connectivity index (χ2v) is 5.75. The van der Waals surface area contributed by atoms with Gasteiger partial charge in [0.15, 0.2) is 0 Å². The quantitative estimate of drug-likeness (QED) is 0.806. The Balaban J connectivity index is 1.85. The first kappa shape index (κ1) is 16.1. The number of benzene rings is 2. The monoisotopic (exact) mass is 314 g/mol. The fraction of sp³-hybridized carbons (Fsp3) is 0.176. The minimum Gasteiger partial charge on any atom is -0.351 e. The van der Waals surface area contributed by atoms with Crippen LogP contribution in [0.4, 0.5) is 5.69 Å². The van der Waals surface area contributed by atoms with Crippen molar-refractivity contribution >= 4 is 29.3 Å². The van der Waals surface area contributed by atoms with Gasteiger partial charge in [-0.25, -0.2) is 0 Å². The third kappa shape index (κ3) is 5.26. The van der Waals surface area contributed by atoms with Crippen LogP contribution < -0.4 is 10.6 Å². The van der Waals surface area contributed by atoms with Crippen molar-refractivity contribution in [2.45, 2.75) is 18.4 Å². The molecule has 2 N–H and O–H groups in total. The summed E-state index contributed by atoms with van der Waals surface area (Å²) in [4.78, 5) is 23.9. The lowest BCUT2D eigenvalue weighted by atomic mass is 10.2. The molecule has 4 nitrogen and oxygen atoms in total. The van der Waals surface area contributed by atoms with Gasteiger partial charge in [-0.05, 0) is 17.7 Å². The van der Waals surface area contributed by atoms with E-state index >= 15 is 0 Å². The van der Waals surface area contributed by atoms with E-state index in [9.17, 15) is 9.59 Å². The zero-order valence-electron chi connectivity index (χ0n) is 12.3. The van der Waals surface area contributed by atoms with E-state index in [-0.39, 0.29) is 11.8 Å². The molecule has 2 aromatic rings. The molecule has 0 saturated heterocycles. The van der Waals surface area contributed by atoms with E-state index in [0.29, 0.717) is 12.3 Å². The summed E-state index contributed by atoms with van der Waals surface area (Å²) < 4.78 is 0. The second-order valence-electron chi connectivity index (χ2n) is 4.73. The molecule has 0 saturated carbocycles. The van der Waals surface area contributed by atoms with Crippen molar-refractivity contribution in [3.8, 4) is 0 Å². The highest BCUT2D eigenvalue weighted by Crippen LogP contribution is 2.26. The number of amides is 2. The molecule has 2 rings (SSSR count). The summed E-state index contributed by atoms with van der Waals surface area (Å²) in [6, 6.07) is 17.2. The second kappa shape index (κ2) is 8.24. The first-order valence-electron chi connectivity index (χ1n) is 6.95. The molecule has 0 aliphatic rings. The predicted molar refractivity (Wildman–Crippen MR) is 89.8 cm³/mol. The number of carbonyl (C=O) groups excluding carboxylic acids is 2. The maximum Gasteiger partial charge on any atom is 0.230 e. The van der Waals surface area contributed by atoms with Crippen molar-refractivity contribution in [3.63, 3.8) is 0 Å². The van der Waals surface area contributed by atoms with Crippen LogP contribution >= 0.6 is 11.8 Å². The molecule has 0 aromatic heterocycles. The Morgan fingerprint density at radius 3 is 2.41 bits per heavy atom. The van der Waals surface area contributed by atoms with Gasteiger partial charge in [0.2, 0.25) is 11.8 Å². The van der Waals surface area contributed by atoms with Crippen LogP contribution in [0.1, 0.15) is 12.5 Å². The molecule has 5 heteroatoms. The number of nitrogens with one attached hydrogen (secondary N) is 2. The molecular weight excluding hydrogens is 296 g/mol. The molecule has 0 radical (unpaired) electrons. The summed E-state index contributed by atoms with van der Waals surface area (Å²) in [6.07, 6.45) is 0. The molecule has 0 unspecified atom stereocenters. The topological polar surface area (TPSA) is 58.2 Å². The van der Waals surface area contributed by atoms with Crippen molar-refractivity contribution in [3.05, 3.63) is 60.2 Å². The fourth-order valence-corrected chi connectivity index (χ4v) is 2.71. The van der Waals surface area contributed by atoms with Crippen molar-refractivity contribution < 1.29 is 9.59 Å². The summed E-state index contributed by atoms with van der Waals surface area (Å²) in [5, 5.41) is 5.65. The van der Waals surface area contributed by atoms with E-state index in [1.807, 2.05) is 54.6 Å². The van der Waals surface area contributed by atoms with Gasteiger partial charge in [-0.2, -0.15) is 0 Å². The molecule has 0 heterocycles. The Hall–Kier alpha value is -2.27. The first-order chi connectivity index (χ1) is 10.6. The number of rotatable bonds is 6. The molecule has 0 atom stereocenters. The van der Waals surface area contributed by atoms with Crippen LogP contribution in [0.5, 0.6) is 0 Å². The van der Waals surface area contributed by atoms with E-state index in [4.69, 9.17) is 0 Å². The third-order valence-corrected chi connectivity index (χ3v) is 3.96. The Morgan fingerprint density at radius 1 is 1.00 bits per heavy atom. The largest absolute Gasteiger partial charge is 0.351 e. The number of carbonyl (C=O) groups is 2. The van der Waals surface area contributed by atoms with E-state index in [1.165, 1.54) is 18.7 Å². The molecule has 0 spiro atoms. The Labute approximate surface area is 134 Å². The number of anilines is 1. The van der Waals surface area contributed by atoms with Gasteiger partial charge in [-0.3, -0.25) is 9.59 Å². The zero-order chi connectivity index (χ0) is 15.8. The van der Waals surface area contributed by atoms with Crippen molar-refractivity contribution in [1.82, 2.24) is 5.32 Å². The Morgan fingerprint density at radius 2 is 1.68 bits per heavy atom. The van der Waals surface area contributed by atoms with Gasteiger partial charge in [-0.15, -0.1) is 11.8 Å². The predicted octanol–water partition coefficient (Wildman–Crippen LogP) is 3.05. The van der Waals surface area contributed by atoms with Gasteiger partial charge in [0.1, 0.15) is 0 Å². The summed E-state index contributed by atoms with van der Waals surface area (Å²) in [6.45, 7) is 1.99. The van der Waals surface area contributed by atoms with Gasteiger partial charge in [0.05, 0.1) is 11.4 Å². The number of para-hydroxylation sites is 1. The van der Waals surface area contributed by atoms with E-state index in [2.05, 4.69) is 10.6 Å². The highest BCUT2D eigenvalue weighted by Gasteiger charge is 2.07. The molecule has 0 aliphatic carbocycles. The van der Waals surface area contributed by atoms with Crippen LogP contribution in [0.2, 0.25) is 0 Å². The number of hydrogen-bond acceptors (Lipinski definition) is 3. The van der Waals surface area contributed by atoms with Crippen LogP contribution in [0, 0.1) is 0 Å². The van der Waals surface area contributed by atoms with Gasteiger partial charge in [0, 0.05) is 18.4 Å². The molecule has 0 bridgehead atoms. The highest BCUT2D eigenvalue weighted by atomic mass is 32.2. The van der Waals surface area contributed by atoms with Crippen LogP contribution in [0.25, 0.3) is 0 Å². The molecule has 114 valence electrons. The Kier molecular flexibility index (Phi) is 6.03. The molecular formula is C17H18N2O2S. The summed E-state index contributed by atoms with van der Waals surface area (Å²) in [5.74, 6) is 0.150. The maximum atomic E-state index is 11.9. The minimum atomic E-state index is -0.124. The smallest absolute Gasteiger partial charge is 0.230 e. The fourth-order valence-electron chi connectivity index (χ4n) is 1.88. The van der Waals surface area contributed by atoms with Crippen molar-refractivity contribution in [1.29, 1.82) is 0 Å². The molecule has 22 heavy (non-hydrogen) atoms. The number of thioether (sulfide) groups is 1. The SMILES string of the molecule is CC(=O)Nc1ccccc1SCC(=O)NCc1ccccc1. The summed E-state index contributed by atoms with van der Waals surface area (Å²) in [7, 11) is 0. The lowest BCUT2D eigenvalue weighted by Crippen LogP contribution is -2.24. The lowest BCUT2D eigenvalue weighted by molar-refractivity contribution is -0.118. The average molecular weight is 314 g/mol.